The Bertz CT molecular complexity index is 814. The van der Waals surface area contributed by atoms with Gasteiger partial charge >= 0.3 is 5.97 Å². The number of pyridine rings is 1. The summed E-state index contributed by atoms with van der Waals surface area (Å²) < 4.78 is 7.44. The first kappa shape index (κ1) is 13.5. The fourth-order valence-corrected chi connectivity index (χ4v) is 2.18. The van der Waals surface area contributed by atoms with Gasteiger partial charge in [-0.15, -0.1) is 0 Å². The fourth-order valence-electron chi connectivity index (χ4n) is 1.99. The van der Waals surface area contributed by atoms with Gasteiger partial charge in [0.2, 0.25) is 0 Å². The molecule has 3 aromatic rings. The van der Waals surface area contributed by atoms with Crippen LogP contribution in [0.15, 0.2) is 48.8 Å². The van der Waals surface area contributed by atoms with E-state index in [2.05, 4.69) is 4.98 Å². The van der Waals surface area contributed by atoms with E-state index in [0.29, 0.717) is 16.4 Å². The van der Waals surface area contributed by atoms with E-state index in [4.69, 9.17) is 21.4 Å². The molecule has 0 radical (unpaired) electrons. The van der Waals surface area contributed by atoms with Gasteiger partial charge in [-0.25, -0.2) is 9.78 Å². The number of para-hydroxylation sites is 1. The second-order valence-corrected chi connectivity index (χ2v) is 4.82. The summed E-state index contributed by atoms with van der Waals surface area (Å²) in [5.41, 5.74) is 1.57. The van der Waals surface area contributed by atoms with E-state index in [9.17, 15) is 4.79 Å². The lowest BCUT2D eigenvalue weighted by molar-refractivity contribution is 0.0697. The quantitative estimate of drug-likeness (QED) is 0.803. The lowest BCUT2D eigenvalue weighted by atomic mass is 10.3. The number of ether oxygens (including phenoxy) is 1. The molecule has 5 nitrogen and oxygen atoms in total. The third-order valence-corrected chi connectivity index (χ3v) is 3.36. The Morgan fingerprint density at radius 3 is 2.90 bits per heavy atom. The Morgan fingerprint density at radius 2 is 2.14 bits per heavy atom. The molecule has 0 unspecified atom stereocenters. The minimum atomic E-state index is -0.977. The maximum atomic E-state index is 10.9. The number of nitrogens with zero attached hydrogens (tertiary/aromatic N) is 2. The number of benzene rings is 1. The van der Waals surface area contributed by atoms with Crippen molar-refractivity contribution in [3.63, 3.8) is 0 Å². The maximum absolute atomic E-state index is 10.9. The van der Waals surface area contributed by atoms with Crippen molar-refractivity contribution in [1.82, 2.24) is 9.38 Å². The van der Waals surface area contributed by atoms with Crippen molar-refractivity contribution in [2.24, 2.45) is 0 Å². The molecular weight excluding hydrogens is 292 g/mol. The number of aromatic nitrogens is 2. The smallest absolute Gasteiger partial charge is 0.335 e. The fraction of sp³-hybridized carbons (Fsp3) is 0.0667. The number of carboxylic acid groups (broad SMARTS) is 1. The van der Waals surface area contributed by atoms with Gasteiger partial charge < -0.3 is 14.2 Å². The maximum Gasteiger partial charge on any atom is 0.335 e. The highest BCUT2D eigenvalue weighted by molar-refractivity contribution is 6.32. The van der Waals surface area contributed by atoms with Crippen LogP contribution in [-0.2, 0) is 6.61 Å². The second kappa shape index (κ2) is 5.46. The average molecular weight is 303 g/mol. The summed E-state index contributed by atoms with van der Waals surface area (Å²) in [5, 5.41) is 9.50. The molecule has 1 aromatic carbocycles. The largest absolute Gasteiger partial charge is 0.486 e. The first-order chi connectivity index (χ1) is 10.1. The molecule has 0 amide bonds. The Kier molecular flexibility index (Phi) is 3.50. The van der Waals surface area contributed by atoms with Crippen LogP contribution >= 0.6 is 11.6 Å². The highest BCUT2D eigenvalue weighted by Crippen LogP contribution is 2.24. The highest BCUT2D eigenvalue weighted by Gasteiger charge is 2.09. The third-order valence-electron chi connectivity index (χ3n) is 3.05. The Morgan fingerprint density at radius 1 is 1.33 bits per heavy atom. The van der Waals surface area contributed by atoms with Gasteiger partial charge in [-0.05, 0) is 24.3 Å². The summed E-state index contributed by atoms with van der Waals surface area (Å²) in [7, 11) is 0. The molecule has 0 spiro atoms. The molecule has 6 heteroatoms. The molecule has 106 valence electrons. The van der Waals surface area contributed by atoms with Gasteiger partial charge in [0, 0.05) is 6.20 Å². The minimum Gasteiger partial charge on any atom is -0.486 e. The molecule has 0 bridgehead atoms. The normalized spacial score (nSPS) is 10.7. The van der Waals surface area contributed by atoms with E-state index in [1.807, 2.05) is 12.1 Å². The zero-order valence-electron chi connectivity index (χ0n) is 10.9. The monoisotopic (exact) mass is 302 g/mol. The number of carbonyl (C=O) groups is 1. The van der Waals surface area contributed by atoms with Gasteiger partial charge in [-0.3, -0.25) is 0 Å². The SMILES string of the molecule is O=C(O)c1ccn2c(COc3ccccc3Cl)cnc2c1. The number of rotatable bonds is 4. The summed E-state index contributed by atoms with van der Waals surface area (Å²) >= 11 is 6.03. The van der Waals surface area contributed by atoms with E-state index in [1.54, 1.807) is 28.9 Å². The molecule has 2 aromatic heterocycles. The van der Waals surface area contributed by atoms with Gasteiger partial charge in [0.25, 0.3) is 0 Å². The minimum absolute atomic E-state index is 0.201. The second-order valence-electron chi connectivity index (χ2n) is 4.42. The van der Waals surface area contributed by atoms with Gasteiger partial charge in [-0.2, -0.15) is 0 Å². The molecule has 1 N–H and O–H groups in total. The topological polar surface area (TPSA) is 63.8 Å². The van der Waals surface area contributed by atoms with Crippen molar-refractivity contribution in [2.75, 3.05) is 0 Å². The summed E-state index contributed by atoms with van der Waals surface area (Å²) in [6.07, 6.45) is 3.31. The van der Waals surface area contributed by atoms with Crippen LogP contribution in [0.2, 0.25) is 5.02 Å². The Balaban J connectivity index is 1.85. The average Bonchev–Trinajstić information content (AvgIpc) is 2.88. The van der Waals surface area contributed by atoms with Gasteiger partial charge in [0.15, 0.2) is 0 Å². The van der Waals surface area contributed by atoms with Crippen LogP contribution in [0.3, 0.4) is 0 Å². The molecule has 0 fully saturated rings. The van der Waals surface area contributed by atoms with E-state index in [-0.39, 0.29) is 12.2 Å². The van der Waals surface area contributed by atoms with Crippen molar-refractivity contribution in [1.29, 1.82) is 0 Å². The molecule has 0 atom stereocenters. The van der Waals surface area contributed by atoms with E-state index in [0.717, 1.165) is 5.69 Å². The molecule has 0 saturated heterocycles. The van der Waals surface area contributed by atoms with Crippen LogP contribution in [0, 0.1) is 0 Å². The lowest BCUT2D eigenvalue weighted by Gasteiger charge is -2.07. The standard InChI is InChI=1S/C15H11ClN2O3/c16-12-3-1-2-4-13(12)21-9-11-8-17-14-7-10(15(19)20)5-6-18(11)14/h1-8H,9H2,(H,19,20). The summed E-state index contributed by atoms with van der Waals surface area (Å²) in [4.78, 5) is 15.1. The highest BCUT2D eigenvalue weighted by atomic mass is 35.5. The predicted octanol–water partition coefficient (Wildman–Crippen LogP) is 3.26. The number of carboxylic acids is 1. The summed E-state index contributed by atoms with van der Waals surface area (Å²) in [6.45, 7) is 0.289. The zero-order valence-corrected chi connectivity index (χ0v) is 11.6. The lowest BCUT2D eigenvalue weighted by Crippen LogP contribution is -2.02. The van der Waals surface area contributed by atoms with E-state index >= 15 is 0 Å². The summed E-state index contributed by atoms with van der Waals surface area (Å²) in [6, 6.07) is 10.3. The van der Waals surface area contributed by atoms with Crippen molar-refractivity contribution < 1.29 is 14.6 Å². The molecular formula is C15H11ClN2O3. The van der Waals surface area contributed by atoms with Crippen molar-refractivity contribution in [3.05, 3.63) is 65.1 Å². The number of aromatic carboxylic acids is 1. The van der Waals surface area contributed by atoms with E-state index < -0.39 is 5.97 Å². The predicted molar refractivity (Wildman–Crippen MR) is 77.9 cm³/mol. The van der Waals surface area contributed by atoms with Crippen LogP contribution in [0.5, 0.6) is 5.75 Å². The number of fused-ring (bicyclic) bond motifs is 1. The molecule has 0 aliphatic carbocycles. The van der Waals surface area contributed by atoms with E-state index in [1.165, 1.54) is 12.1 Å². The molecule has 21 heavy (non-hydrogen) atoms. The molecule has 2 heterocycles. The number of halogens is 1. The third kappa shape index (κ3) is 2.68. The zero-order chi connectivity index (χ0) is 14.8. The first-order valence-corrected chi connectivity index (χ1v) is 6.59. The van der Waals surface area contributed by atoms with Crippen LogP contribution in [0.25, 0.3) is 5.65 Å². The van der Waals surface area contributed by atoms with Gasteiger partial charge in [0.1, 0.15) is 18.0 Å². The van der Waals surface area contributed by atoms with Crippen LogP contribution < -0.4 is 4.74 Å². The number of imidazole rings is 1. The van der Waals surface area contributed by atoms with Crippen molar-refractivity contribution in [3.8, 4) is 5.75 Å². The van der Waals surface area contributed by atoms with Crippen molar-refractivity contribution in [2.45, 2.75) is 6.61 Å². The van der Waals surface area contributed by atoms with Crippen LogP contribution in [0.4, 0.5) is 0 Å². The molecule has 0 aliphatic rings. The number of hydrogen-bond donors (Lipinski definition) is 1. The van der Waals surface area contributed by atoms with Crippen molar-refractivity contribution >= 4 is 23.2 Å². The van der Waals surface area contributed by atoms with Gasteiger partial charge in [-0.1, -0.05) is 23.7 Å². The Hall–Kier alpha value is -2.53. The van der Waals surface area contributed by atoms with Gasteiger partial charge in [0.05, 0.1) is 22.5 Å². The molecule has 0 aliphatic heterocycles. The first-order valence-electron chi connectivity index (χ1n) is 6.22. The molecule has 0 saturated carbocycles. The molecule has 3 rings (SSSR count). The Labute approximate surface area is 125 Å². The summed E-state index contributed by atoms with van der Waals surface area (Å²) in [5.74, 6) is -0.384. The van der Waals surface area contributed by atoms with Crippen LogP contribution in [0.1, 0.15) is 16.1 Å². The van der Waals surface area contributed by atoms with Crippen LogP contribution in [-0.4, -0.2) is 20.5 Å². The number of hydrogen-bond acceptors (Lipinski definition) is 3.